The maximum atomic E-state index is 4.69. The van der Waals surface area contributed by atoms with Gasteiger partial charge in [-0.2, -0.15) is 0 Å². The third-order valence-corrected chi connectivity index (χ3v) is 9.63. The molecule has 0 bridgehead atoms. The average Bonchev–Trinajstić information content (AvgIpc) is 3.76. The molecule has 6 heteroatoms. The summed E-state index contributed by atoms with van der Waals surface area (Å²) in [6, 6.07) is 63.6. The number of nitrogens with zero attached hydrogens (tertiary/aromatic N) is 6. The minimum Gasteiger partial charge on any atom is -0.310 e. The van der Waals surface area contributed by atoms with E-state index in [9.17, 15) is 0 Å². The van der Waals surface area contributed by atoms with E-state index in [-0.39, 0.29) is 0 Å². The Kier molecular flexibility index (Phi) is 8.89. The zero-order valence-electron chi connectivity index (χ0n) is 29.4. The van der Waals surface area contributed by atoms with Gasteiger partial charge in [0.2, 0.25) is 5.71 Å². The summed E-state index contributed by atoms with van der Waals surface area (Å²) in [7, 11) is 0. The van der Waals surface area contributed by atoms with Crippen molar-refractivity contribution >= 4 is 28.5 Å². The Morgan fingerprint density at radius 2 is 1.07 bits per heavy atom. The van der Waals surface area contributed by atoms with Crippen molar-refractivity contribution in [2.75, 3.05) is 11.4 Å². The van der Waals surface area contributed by atoms with Gasteiger partial charge in [0.15, 0.2) is 12.2 Å². The smallest absolute Gasteiger partial charge is 0.231 e. The second-order valence-electron chi connectivity index (χ2n) is 13.1. The lowest BCUT2D eigenvalue weighted by atomic mass is 9.97. The lowest BCUT2D eigenvalue weighted by molar-refractivity contribution is -0.492. The highest BCUT2D eigenvalue weighted by molar-refractivity contribution is 6.03. The summed E-state index contributed by atoms with van der Waals surface area (Å²) >= 11 is 0. The highest BCUT2D eigenvalue weighted by atomic mass is 15.5. The van der Waals surface area contributed by atoms with Gasteiger partial charge in [0.1, 0.15) is 5.22 Å². The average molecular weight is 696 g/mol. The third kappa shape index (κ3) is 6.84. The van der Waals surface area contributed by atoms with Crippen molar-refractivity contribution in [2.45, 2.75) is 0 Å². The minimum absolute atomic E-state index is 0.552. The van der Waals surface area contributed by atoms with Crippen LogP contribution in [0.4, 0.5) is 22.7 Å². The first-order chi connectivity index (χ1) is 26.7. The van der Waals surface area contributed by atoms with E-state index in [4.69, 9.17) is 5.10 Å². The quantitative estimate of drug-likeness (QED) is 0.141. The molecule has 0 spiro atoms. The van der Waals surface area contributed by atoms with Crippen LogP contribution in [-0.4, -0.2) is 26.9 Å². The number of pyridine rings is 2. The molecule has 8 aromatic rings. The van der Waals surface area contributed by atoms with Crippen molar-refractivity contribution in [3.8, 4) is 44.6 Å². The fourth-order valence-electron chi connectivity index (χ4n) is 6.91. The summed E-state index contributed by atoms with van der Waals surface area (Å²) < 4.78 is 1.94. The predicted molar refractivity (Wildman–Crippen MR) is 219 cm³/mol. The standard InChI is InChI=1S/C48H35N6/c1-3-12-35(13-4-1)41-28-42(36-14-5-2-6-15-36)32-46(31-41)54(43-24-22-37(23-25-43)40-18-11-26-49-33-40)45-20-10-17-39(30-45)48-34-53(52-51-48)44-19-9-16-38(29-44)47-21-7-8-27-50-47/h1-33H,34H2/q+1. The number of anilines is 3. The van der Waals surface area contributed by atoms with E-state index in [2.05, 4.69) is 172 Å². The Hall–Kier alpha value is -7.31. The van der Waals surface area contributed by atoms with Crippen molar-refractivity contribution in [1.29, 1.82) is 0 Å². The Morgan fingerprint density at radius 1 is 0.426 bits per heavy atom. The van der Waals surface area contributed by atoms with Gasteiger partial charge in [0.05, 0.1) is 10.8 Å². The van der Waals surface area contributed by atoms with Crippen LogP contribution in [0.5, 0.6) is 0 Å². The molecule has 0 saturated heterocycles. The SMILES string of the molecule is c1ccc(-c2cc(-c3ccccc3)cc(N(c3ccc(-c4cccnc4)cc3)c3cccc(C4=NN=[N+](c5cccc(-c6ccccn6)c5)C4)c3)c2)cc1. The molecule has 1 aliphatic rings. The maximum Gasteiger partial charge on any atom is 0.231 e. The van der Waals surface area contributed by atoms with E-state index in [1.54, 1.807) is 6.20 Å². The monoisotopic (exact) mass is 695 g/mol. The lowest BCUT2D eigenvalue weighted by Crippen LogP contribution is -2.14. The van der Waals surface area contributed by atoms with E-state index in [1.165, 1.54) is 0 Å². The molecule has 0 unspecified atom stereocenters. The number of benzene rings is 6. The van der Waals surface area contributed by atoms with E-state index < -0.39 is 0 Å². The molecule has 0 radical (unpaired) electrons. The van der Waals surface area contributed by atoms with Crippen molar-refractivity contribution in [1.82, 2.24) is 9.97 Å². The number of rotatable bonds is 9. The molecule has 1 aliphatic heterocycles. The largest absolute Gasteiger partial charge is 0.310 e. The second kappa shape index (κ2) is 14.7. The molecule has 0 atom stereocenters. The van der Waals surface area contributed by atoms with Crippen LogP contribution in [0.15, 0.2) is 211 Å². The maximum absolute atomic E-state index is 4.69. The van der Waals surface area contributed by atoms with Crippen LogP contribution in [0.2, 0.25) is 0 Å². The van der Waals surface area contributed by atoms with E-state index in [0.717, 1.165) is 78.7 Å². The Balaban J connectivity index is 1.11. The third-order valence-electron chi connectivity index (χ3n) is 9.63. The molecule has 54 heavy (non-hydrogen) atoms. The van der Waals surface area contributed by atoms with Gasteiger partial charge in [-0.15, -0.1) is 4.70 Å². The number of hydrogen-bond donors (Lipinski definition) is 0. The second-order valence-corrected chi connectivity index (χ2v) is 13.1. The molecule has 9 rings (SSSR count). The van der Waals surface area contributed by atoms with Crippen molar-refractivity contribution in [3.05, 3.63) is 206 Å². The summed E-state index contributed by atoms with van der Waals surface area (Å²) in [6.07, 6.45) is 5.52. The minimum atomic E-state index is 0.552. The van der Waals surface area contributed by atoms with Crippen LogP contribution in [0.25, 0.3) is 44.6 Å². The molecule has 6 aromatic carbocycles. The van der Waals surface area contributed by atoms with Crippen molar-refractivity contribution in [3.63, 3.8) is 0 Å². The summed E-state index contributed by atoms with van der Waals surface area (Å²) in [5.41, 5.74) is 14.7. The number of aromatic nitrogens is 2. The van der Waals surface area contributed by atoms with Crippen LogP contribution in [0.1, 0.15) is 5.56 Å². The van der Waals surface area contributed by atoms with Crippen LogP contribution in [0, 0.1) is 0 Å². The summed E-state index contributed by atoms with van der Waals surface area (Å²) in [6.45, 7) is 0.552. The predicted octanol–water partition coefficient (Wildman–Crippen LogP) is 12.1. The zero-order valence-corrected chi connectivity index (χ0v) is 29.4. The van der Waals surface area contributed by atoms with Crippen LogP contribution in [-0.2, 0) is 0 Å². The fraction of sp³-hybridized carbons (Fsp3) is 0.0208. The molecule has 2 aromatic heterocycles. The Bertz CT molecular complexity index is 2550. The Labute approximate surface area is 314 Å². The molecule has 0 saturated carbocycles. The Morgan fingerprint density at radius 3 is 1.78 bits per heavy atom. The fourth-order valence-corrected chi connectivity index (χ4v) is 6.91. The molecule has 3 heterocycles. The zero-order chi connectivity index (χ0) is 36.1. The molecule has 0 fully saturated rings. The first-order valence-corrected chi connectivity index (χ1v) is 18.0. The normalized spacial score (nSPS) is 12.2. The first-order valence-electron chi connectivity index (χ1n) is 18.0. The summed E-state index contributed by atoms with van der Waals surface area (Å²) in [5, 5.41) is 9.29. The van der Waals surface area contributed by atoms with Gasteiger partial charge in [-0.3, -0.25) is 9.97 Å². The van der Waals surface area contributed by atoms with Crippen LogP contribution < -0.4 is 4.90 Å². The van der Waals surface area contributed by atoms with Crippen LogP contribution in [0.3, 0.4) is 0 Å². The van der Waals surface area contributed by atoms with Gasteiger partial charge in [-0.1, -0.05) is 109 Å². The molecular weight excluding hydrogens is 661 g/mol. The van der Waals surface area contributed by atoms with Gasteiger partial charge in [-0.25, -0.2) is 0 Å². The lowest BCUT2D eigenvalue weighted by Gasteiger charge is -2.27. The van der Waals surface area contributed by atoms with Gasteiger partial charge in [0, 0.05) is 46.8 Å². The van der Waals surface area contributed by atoms with E-state index in [0.29, 0.717) is 6.54 Å². The van der Waals surface area contributed by atoms with Gasteiger partial charge in [-0.05, 0) is 106 Å². The van der Waals surface area contributed by atoms with E-state index in [1.807, 2.05) is 47.4 Å². The molecule has 0 aliphatic carbocycles. The van der Waals surface area contributed by atoms with Crippen LogP contribution >= 0.6 is 0 Å². The molecule has 256 valence electrons. The highest BCUT2D eigenvalue weighted by Crippen LogP contribution is 2.40. The van der Waals surface area contributed by atoms with Gasteiger partial charge < -0.3 is 4.90 Å². The number of hydrogen-bond acceptors (Lipinski definition) is 5. The van der Waals surface area contributed by atoms with Gasteiger partial charge >= 0.3 is 0 Å². The molecule has 0 N–H and O–H groups in total. The highest BCUT2D eigenvalue weighted by Gasteiger charge is 2.25. The molecule has 0 amide bonds. The van der Waals surface area contributed by atoms with Crippen molar-refractivity contribution < 1.29 is 4.70 Å². The van der Waals surface area contributed by atoms with Crippen molar-refractivity contribution in [2.24, 2.45) is 10.3 Å². The summed E-state index contributed by atoms with van der Waals surface area (Å²) in [4.78, 5) is 11.2. The first kappa shape index (κ1) is 32.6. The van der Waals surface area contributed by atoms with E-state index >= 15 is 0 Å². The molecular formula is C48H35N6+. The molecule has 6 nitrogen and oxygen atoms in total. The summed E-state index contributed by atoms with van der Waals surface area (Å²) in [5.74, 6) is 0. The topological polar surface area (TPSA) is 56.8 Å². The van der Waals surface area contributed by atoms with Gasteiger partial charge in [0.25, 0.3) is 0 Å².